The average Bonchev–Trinajstić information content (AvgIpc) is 2.82. The van der Waals surface area contributed by atoms with Crippen LogP contribution in [0.4, 0.5) is 6.01 Å². The van der Waals surface area contributed by atoms with Crippen LogP contribution in [0.5, 0.6) is 0 Å². The maximum absolute atomic E-state index is 5.35. The van der Waals surface area contributed by atoms with Crippen molar-refractivity contribution in [2.45, 2.75) is 38.8 Å². The summed E-state index contributed by atoms with van der Waals surface area (Å²) in [5.41, 5.74) is 0. The molecule has 1 unspecified atom stereocenters. The molecule has 0 bridgehead atoms. The Labute approximate surface area is 82.8 Å². The van der Waals surface area contributed by atoms with Gasteiger partial charge in [-0.2, -0.15) is 4.98 Å². The van der Waals surface area contributed by atoms with Gasteiger partial charge in [0.15, 0.2) is 0 Å². The topological polar surface area (TPSA) is 60.2 Å². The normalized spacial score (nSPS) is 18.1. The zero-order chi connectivity index (χ0) is 9.97. The summed E-state index contributed by atoms with van der Waals surface area (Å²) < 4.78 is 10.4. The molecule has 0 radical (unpaired) electrons. The van der Waals surface area contributed by atoms with E-state index in [0.717, 1.165) is 0 Å². The van der Waals surface area contributed by atoms with Crippen LogP contribution in [-0.2, 0) is 4.74 Å². The highest BCUT2D eigenvalue weighted by Gasteiger charge is 2.24. The Morgan fingerprint density at radius 3 is 3.07 bits per heavy atom. The van der Waals surface area contributed by atoms with Crippen molar-refractivity contribution in [3.05, 3.63) is 5.82 Å². The summed E-state index contributed by atoms with van der Waals surface area (Å²) in [4.78, 5) is 4.20. The lowest BCUT2D eigenvalue weighted by molar-refractivity contribution is 0.0683. The molecule has 5 heteroatoms. The number of aromatic nitrogens is 2. The third-order valence-electron chi connectivity index (χ3n) is 2.13. The number of rotatable bonds is 5. The Kier molecular flexibility index (Phi) is 2.67. The molecule has 1 atom stereocenters. The molecular formula is C9H15N3O2. The van der Waals surface area contributed by atoms with Crippen LogP contribution in [0, 0.1) is 0 Å². The highest BCUT2D eigenvalue weighted by Crippen LogP contribution is 2.24. The van der Waals surface area contributed by atoms with Crippen LogP contribution < -0.4 is 5.32 Å². The number of nitrogens with zero attached hydrogens (tertiary/aromatic N) is 2. The number of hydrogen-bond donors (Lipinski definition) is 1. The first-order valence-electron chi connectivity index (χ1n) is 5.01. The van der Waals surface area contributed by atoms with Gasteiger partial charge in [0, 0.05) is 12.6 Å². The number of nitrogens with one attached hydrogen (secondary N) is 1. The highest BCUT2D eigenvalue weighted by molar-refractivity contribution is 5.23. The standard InChI is InChI=1S/C9H15N3O2/c1-3-13-6(2)8-11-9(14-12-8)10-7-4-5-7/h6-7H,3-5H2,1-2H3,(H,10,11,12). The predicted molar refractivity (Wildman–Crippen MR) is 51.0 cm³/mol. The van der Waals surface area contributed by atoms with Gasteiger partial charge in [-0.05, 0) is 26.7 Å². The molecule has 1 heterocycles. The fraction of sp³-hybridized carbons (Fsp3) is 0.778. The van der Waals surface area contributed by atoms with E-state index in [1.165, 1.54) is 12.8 Å². The average molecular weight is 197 g/mol. The van der Waals surface area contributed by atoms with Gasteiger partial charge in [0.2, 0.25) is 5.82 Å². The summed E-state index contributed by atoms with van der Waals surface area (Å²) in [6.45, 7) is 4.51. The van der Waals surface area contributed by atoms with Crippen molar-refractivity contribution >= 4 is 6.01 Å². The van der Waals surface area contributed by atoms with Crippen LogP contribution >= 0.6 is 0 Å². The molecule has 0 amide bonds. The quantitative estimate of drug-likeness (QED) is 0.779. The monoisotopic (exact) mass is 197 g/mol. The number of anilines is 1. The van der Waals surface area contributed by atoms with Crippen LogP contribution in [0.25, 0.3) is 0 Å². The van der Waals surface area contributed by atoms with E-state index in [-0.39, 0.29) is 6.10 Å². The van der Waals surface area contributed by atoms with Gasteiger partial charge >= 0.3 is 6.01 Å². The fourth-order valence-electron chi connectivity index (χ4n) is 1.19. The molecule has 1 N–H and O–H groups in total. The summed E-state index contributed by atoms with van der Waals surface area (Å²) in [5, 5.41) is 6.98. The molecular weight excluding hydrogens is 182 g/mol. The molecule has 1 aromatic rings. The molecule has 0 aliphatic heterocycles. The molecule has 1 aromatic heterocycles. The van der Waals surface area contributed by atoms with E-state index in [1.807, 2.05) is 13.8 Å². The summed E-state index contributed by atoms with van der Waals surface area (Å²) in [5.74, 6) is 0.606. The molecule has 0 spiro atoms. The van der Waals surface area contributed by atoms with Crippen LogP contribution in [0.3, 0.4) is 0 Å². The molecule has 1 saturated carbocycles. The van der Waals surface area contributed by atoms with Crippen LogP contribution in [0.1, 0.15) is 38.6 Å². The van der Waals surface area contributed by atoms with E-state index in [2.05, 4.69) is 15.5 Å². The zero-order valence-electron chi connectivity index (χ0n) is 8.49. The molecule has 1 aliphatic rings. The van der Waals surface area contributed by atoms with E-state index < -0.39 is 0 Å². The molecule has 0 saturated heterocycles. The Morgan fingerprint density at radius 2 is 2.43 bits per heavy atom. The first-order chi connectivity index (χ1) is 6.79. The van der Waals surface area contributed by atoms with Gasteiger partial charge < -0.3 is 14.6 Å². The van der Waals surface area contributed by atoms with E-state index in [9.17, 15) is 0 Å². The number of ether oxygens (including phenoxy) is 1. The van der Waals surface area contributed by atoms with Crippen molar-refractivity contribution in [3.63, 3.8) is 0 Å². The predicted octanol–water partition coefficient (Wildman–Crippen LogP) is 1.74. The van der Waals surface area contributed by atoms with Gasteiger partial charge in [0.05, 0.1) is 0 Å². The molecule has 0 aromatic carbocycles. The summed E-state index contributed by atoms with van der Waals surface area (Å²) in [6, 6.07) is 1.04. The van der Waals surface area contributed by atoms with Crippen LogP contribution in [-0.4, -0.2) is 22.8 Å². The lowest BCUT2D eigenvalue weighted by atomic mass is 10.4. The maximum Gasteiger partial charge on any atom is 0.321 e. The molecule has 78 valence electrons. The third kappa shape index (κ3) is 2.23. The second-order valence-electron chi connectivity index (χ2n) is 3.47. The minimum absolute atomic E-state index is 0.0986. The van der Waals surface area contributed by atoms with Crippen LogP contribution in [0.15, 0.2) is 4.52 Å². The number of hydrogen-bond acceptors (Lipinski definition) is 5. The first kappa shape index (κ1) is 9.45. The molecule has 5 nitrogen and oxygen atoms in total. The Hall–Kier alpha value is -1.10. The third-order valence-corrected chi connectivity index (χ3v) is 2.13. The van der Waals surface area contributed by atoms with Crippen molar-refractivity contribution in [1.29, 1.82) is 0 Å². The minimum Gasteiger partial charge on any atom is -0.371 e. The summed E-state index contributed by atoms with van der Waals surface area (Å²) in [6.07, 6.45) is 2.29. The Morgan fingerprint density at radius 1 is 1.64 bits per heavy atom. The fourth-order valence-corrected chi connectivity index (χ4v) is 1.19. The second kappa shape index (κ2) is 3.96. The maximum atomic E-state index is 5.35. The molecule has 1 aliphatic carbocycles. The van der Waals surface area contributed by atoms with Crippen molar-refractivity contribution in [3.8, 4) is 0 Å². The minimum atomic E-state index is -0.0986. The van der Waals surface area contributed by atoms with E-state index in [1.54, 1.807) is 0 Å². The Balaban J connectivity index is 1.93. The van der Waals surface area contributed by atoms with Gasteiger partial charge in [-0.1, -0.05) is 5.16 Å². The Bertz CT molecular complexity index is 296. The molecule has 14 heavy (non-hydrogen) atoms. The van der Waals surface area contributed by atoms with Gasteiger partial charge in [-0.25, -0.2) is 0 Å². The largest absolute Gasteiger partial charge is 0.371 e. The van der Waals surface area contributed by atoms with Crippen molar-refractivity contribution in [2.75, 3.05) is 11.9 Å². The van der Waals surface area contributed by atoms with Crippen molar-refractivity contribution in [2.24, 2.45) is 0 Å². The smallest absolute Gasteiger partial charge is 0.321 e. The second-order valence-corrected chi connectivity index (χ2v) is 3.47. The zero-order valence-corrected chi connectivity index (χ0v) is 8.49. The SMILES string of the molecule is CCOC(C)c1noc(NC2CC2)n1. The lowest BCUT2D eigenvalue weighted by Gasteiger charge is -2.04. The van der Waals surface area contributed by atoms with E-state index in [0.29, 0.717) is 24.5 Å². The van der Waals surface area contributed by atoms with Crippen molar-refractivity contribution < 1.29 is 9.26 Å². The lowest BCUT2D eigenvalue weighted by Crippen LogP contribution is -2.03. The molecule has 2 rings (SSSR count). The van der Waals surface area contributed by atoms with Crippen molar-refractivity contribution in [1.82, 2.24) is 10.1 Å². The highest BCUT2D eigenvalue weighted by atomic mass is 16.5. The van der Waals surface area contributed by atoms with Gasteiger partial charge in [-0.3, -0.25) is 0 Å². The van der Waals surface area contributed by atoms with E-state index in [4.69, 9.17) is 9.26 Å². The summed E-state index contributed by atoms with van der Waals surface area (Å²) in [7, 11) is 0. The van der Waals surface area contributed by atoms with Gasteiger partial charge in [0.25, 0.3) is 0 Å². The summed E-state index contributed by atoms with van der Waals surface area (Å²) >= 11 is 0. The first-order valence-corrected chi connectivity index (χ1v) is 5.01. The molecule has 1 fully saturated rings. The van der Waals surface area contributed by atoms with Gasteiger partial charge in [-0.15, -0.1) is 0 Å². The van der Waals surface area contributed by atoms with Gasteiger partial charge in [0.1, 0.15) is 6.10 Å². The van der Waals surface area contributed by atoms with E-state index >= 15 is 0 Å². The van der Waals surface area contributed by atoms with Crippen LogP contribution in [0.2, 0.25) is 0 Å².